The maximum atomic E-state index is 6.47. The molecule has 0 nitrogen and oxygen atoms in total. The Morgan fingerprint density at radius 2 is 1.91 bits per heavy atom. The third-order valence-corrected chi connectivity index (χ3v) is 6.93. The van der Waals surface area contributed by atoms with Gasteiger partial charge in [0.15, 0.2) is 7.38 Å². The highest BCUT2D eigenvalue weighted by Gasteiger charge is 2.46. The van der Waals surface area contributed by atoms with Crippen LogP contribution in [0, 0.1) is 11.8 Å². The lowest BCUT2D eigenvalue weighted by Gasteiger charge is -2.29. The van der Waals surface area contributed by atoms with Crippen molar-refractivity contribution in [3.63, 3.8) is 0 Å². The Hall–Kier alpha value is 0.507. The SMILES string of the molecule is C[Si](C)(Cl)[C@H]1C[C@@H]2CC[C@H]1C2. The first-order valence-corrected chi connectivity index (χ1v) is 8.85. The molecule has 0 saturated heterocycles. The molecular weight excluding hydrogens is 172 g/mol. The Kier molecular flexibility index (Phi) is 1.84. The van der Waals surface area contributed by atoms with E-state index >= 15 is 0 Å². The number of hydrogen-bond donors (Lipinski definition) is 0. The van der Waals surface area contributed by atoms with Gasteiger partial charge in [0.1, 0.15) is 0 Å². The molecule has 2 aliphatic carbocycles. The minimum Gasteiger partial charge on any atom is -0.167 e. The van der Waals surface area contributed by atoms with Crippen LogP contribution in [0.5, 0.6) is 0 Å². The molecule has 0 aliphatic heterocycles. The van der Waals surface area contributed by atoms with Crippen LogP contribution in [0.15, 0.2) is 0 Å². The van der Waals surface area contributed by atoms with E-state index in [9.17, 15) is 0 Å². The summed E-state index contributed by atoms with van der Waals surface area (Å²) in [5.74, 6) is 2.09. The van der Waals surface area contributed by atoms with Crippen molar-refractivity contribution >= 4 is 18.5 Å². The summed E-state index contributed by atoms with van der Waals surface area (Å²) in [5, 5.41) is 0. The molecule has 0 radical (unpaired) electrons. The zero-order valence-corrected chi connectivity index (χ0v) is 9.19. The summed E-state index contributed by atoms with van der Waals surface area (Å²) < 4.78 is 0. The molecule has 0 amide bonds. The van der Waals surface area contributed by atoms with Crippen LogP contribution < -0.4 is 0 Å². The van der Waals surface area contributed by atoms with Crippen LogP contribution in [0.3, 0.4) is 0 Å². The molecule has 2 saturated carbocycles. The van der Waals surface area contributed by atoms with Gasteiger partial charge >= 0.3 is 0 Å². The maximum absolute atomic E-state index is 6.47. The molecule has 0 aromatic carbocycles. The van der Waals surface area contributed by atoms with E-state index in [-0.39, 0.29) is 0 Å². The molecule has 0 unspecified atom stereocenters. The van der Waals surface area contributed by atoms with Gasteiger partial charge in [0.05, 0.1) is 0 Å². The molecule has 0 spiro atoms. The van der Waals surface area contributed by atoms with Crippen LogP contribution in [0.25, 0.3) is 0 Å². The molecule has 2 bridgehead atoms. The highest BCUT2D eigenvalue weighted by atomic mass is 35.6. The molecule has 0 aromatic rings. The standard InChI is InChI=1S/C9H17ClSi/c1-11(2,10)9-6-7-3-4-8(9)5-7/h7-9H,3-6H2,1-2H3/t7-,8+,9+/m1/s1. The van der Waals surface area contributed by atoms with Crippen molar-refractivity contribution in [2.45, 2.75) is 44.3 Å². The number of hydrogen-bond acceptors (Lipinski definition) is 0. The van der Waals surface area contributed by atoms with E-state index in [4.69, 9.17) is 11.1 Å². The largest absolute Gasteiger partial charge is 0.167 e. The van der Waals surface area contributed by atoms with Gasteiger partial charge < -0.3 is 0 Å². The third kappa shape index (κ3) is 1.38. The van der Waals surface area contributed by atoms with Gasteiger partial charge in [-0.3, -0.25) is 0 Å². The van der Waals surface area contributed by atoms with Crippen molar-refractivity contribution in [1.82, 2.24) is 0 Å². The Morgan fingerprint density at radius 1 is 1.18 bits per heavy atom. The van der Waals surface area contributed by atoms with Crippen molar-refractivity contribution in [2.24, 2.45) is 11.8 Å². The number of fused-ring (bicyclic) bond motifs is 2. The van der Waals surface area contributed by atoms with E-state index < -0.39 is 7.38 Å². The normalized spacial score (nSPS) is 43.4. The summed E-state index contributed by atoms with van der Waals surface area (Å²) >= 11 is 6.47. The molecule has 2 aliphatic rings. The Labute approximate surface area is 75.0 Å². The predicted octanol–water partition coefficient (Wildman–Crippen LogP) is 3.62. The van der Waals surface area contributed by atoms with Gasteiger partial charge in [0, 0.05) is 0 Å². The minimum atomic E-state index is -1.31. The van der Waals surface area contributed by atoms with Crippen molar-refractivity contribution in [3.8, 4) is 0 Å². The smallest absolute Gasteiger partial charge is 0.153 e. The van der Waals surface area contributed by atoms with Crippen LogP contribution >= 0.6 is 11.1 Å². The quantitative estimate of drug-likeness (QED) is 0.436. The lowest BCUT2D eigenvalue weighted by atomic mass is 10.0. The van der Waals surface area contributed by atoms with E-state index in [1.165, 1.54) is 25.7 Å². The first kappa shape index (κ1) is 8.12. The van der Waals surface area contributed by atoms with E-state index in [1.54, 1.807) is 0 Å². The Balaban J connectivity index is 2.08. The average Bonchev–Trinajstić information content (AvgIpc) is 2.42. The summed E-state index contributed by atoms with van der Waals surface area (Å²) in [6.07, 6.45) is 5.96. The zero-order valence-electron chi connectivity index (χ0n) is 7.44. The first-order chi connectivity index (χ1) is 5.07. The fourth-order valence-electron chi connectivity index (χ4n) is 3.09. The van der Waals surface area contributed by atoms with E-state index in [2.05, 4.69) is 13.1 Å². The molecule has 0 N–H and O–H groups in total. The molecule has 3 atom stereocenters. The van der Waals surface area contributed by atoms with Crippen molar-refractivity contribution in [3.05, 3.63) is 0 Å². The predicted molar refractivity (Wildman–Crippen MR) is 52.5 cm³/mol. The molecule has 2 rings (SSSR count). The molecule has 0 heterocycles. The Morgan fingerprint density at radius 3 is 2.18 bits per heavy atom. The topological polar surface area (TPSA) is 0 Å². The third-order valence-electron chi connectivity index (χ3n) is 3.62. The van der Waals surface area contributed by atoms with Gasteiger partial charge in [0.2, 0.25) is 0 Å². The molecule has 64 valence electrons. The summed E-state index contributed by atoms with van der Waals surface area (Å²) in [5.41, 5.74) is 0.947. The second-order valence-corrected chi connectivity index (χ2v) is 11.6. The van der Waals surface area contributed by atoms with Crippen LogP contribution in [-0.2, 0) is 0 Å². The van der Waals surface area contributed by atoms with Gasteiger partial charge in [-0.25, -0.2) is 0 Å². The number of halogens is 1. The molecule has 2 fully saturated rings. The van der Waals surface area contributed by atoms with Crippen molar-refractivity contribution in [1.29, 1.82) is 0 Å². The van der Waals surface area contributed by atoms with Crippen LogP contribution in [-0.4, -0.2) is 7.38 Å². The van der Waals surface area contributed by atoms with Gasteiger partial charge in [0.25, 0.3) is 0 Å². The fraction of sp³-hybridized carbons (Fsp3) is 1.00. The summed E-state index contributed by atoms with van der Waals surface area (Å²) in [4.78, 5) is 0. The molecule has 2 heteroatoms. The van der Waals surface area contributed by atoms with Crippen LogP contribution in [0.2, 0.25) is 18.6 Å². The van der Waals surface area contributed by atoms with Crippen LogP contribution in [0.1, 0.15) is 25.7 Å². The van der Waals surface area contributed by atoms with E-state index in [1.807, 2.05) is 0 Å². The van der Waals surface area contributed by atoms with Gasteiger partial charge in [-0.2, -0.15) is 11.1 Å². The van der Waals surface area contributed by atoms with Crippen molar-refractivity contribution < 1.29 is 0 Å². The zero-order chi connectivity index (χ0) is 8.06. The van der Waals surface area contributed by atoms with Gasteiger partial charge in [-0.05, 0) is 30.2 Å². The highest BCUT2D eigenvalue weighted by molar-refractivity contribution is 7.19. The van der Waals surface area contributed by atoms with Gasteiger partial charge in [-0.1, -0.05) is 25.9 Å². The summed E-state index contributed by atoms with van der Waals surface area (Å²) in [6.45, 7) is 4.64. The summed E-state index contributed by atoms with van der Waals surface area (Å²) in [6, 6.07) is 0. The molecule has 0 aromatic heterocycles. The van der Waals surface area contributed by atoms with Crippen LogP contribution in [0.4, 0.5) is 0 Å². The maximum Gasteiger partial charge on any atom is 0.153 e. The number of rotatable bonds is 1. The second-order valence-electron chi connectivity index (χ2n) is 4.85. The molecular formula is C9H17ClSi. The second kappa shape index (κ2) is 2.50. The molecule has 11 heavy (non-hydrogen) atoms. The lowest BCUT2D eigenvalue weighted by Crippen LogP contribution is -2.29. The average molecular weight is 189 g/mol. The van der Waals surface area contributed by atoms with E-state index in [0.717, 1.165) is 17.4 Å². The Bertz CT molecular complexity index is 161. The van der Waals surface area contributed by atoms with Gasteiger partial charge in [-0.15, -0.1) is 0 Å². The van der Waals surface area contributed by atoms with Crippen molar-refractivity contribution in [2.75, 3.05) is 0 Å². The van der Waals surface area contributed by atoms with E-state index in [0.29, 0.717) is 0 Å². The first-order valence-electron chi connectivity index (χ1n) is 4.76. The summed E-state index contributed by atoms with van der Waals surface area (Å²) in [7, 11) is -1.31. The monoisotopic (exact) mass is 188 g/mol. The lowest BCUT2D eigenvalue weighted by molar-refractivity contribution is 0.472. The minimum absolute atomic E-state index is 0.947. The fourth-order valence-corrected chi connectivity index (χ4v) is 6.20. The highest BCUT2D eigenvalue weighted by Crippen LogP contribution is 2.56.